The van der Waals surface area contributed by atoms with Gasteiger partial charge in [-0.05, 0) is 55.5 Å². The number of piperidine rings is 1. The van der Waals surface area contributed by atoms with Gasteiger partial charge in [0.15, 0.2) is 5.13 Å². The highest BCUT2D eigenvalue weighted by molar-refractivity contribution is 7.14. The molecule has 1 aromatic heterocycles. The van der Waals surface area contributed by atoms with Crippen LogP contribution in [0.5, 0.6) is 5.75 Å². The normalized spacial score (nSPS) is 17.1. The number of carbonyl (C=O) groups is 2. The average molecular weight is 549 g/mol. The van der Waals surface area contributed by atoms with Crippen molar-refractivity contribution in [2.75, 3.05) is 44.7 Å². The molecule has 2 aromatic carbocycles. The van der Waals surface area contributed by atoms with Crippen molar-refractivity contribution in [1.82, 2.24) is 14.8 Å². The number of carbonyl (C=O) groups excluding carboxylic acids is 1. The van der Waals surface area contributed by atoms with Crippen LogP contribution in [-0.4, -0.2) is 71.5 Å². The van der Waals surface area contributed by atoms with E-state index in [4.69, 9.17) is 9.72 Å². The molecule has 0 bridgehead atoms. The maximum atomic E-state index is 12.0. The number of thiazole rings is 1. The lowest BCUT2D eigenvalue weighted by Crippen LogP contribution is -2.47. The van der Waals surface area contributed by atoms with Gasteiger partial charge in [0, 0.05) is 50.7 Å². The number of hydrogen-bond acceptors (Lipinski definition) is 7. The molecule has 1 N–H and O–H groups in total. The van der Waals surface area contributed by atoms with Crippen molar-refractivity contribution >= 4 is 28.3 Å². The number of likely N-dealkylation sites (N-methyl/N-ethyl adjacent to an activating group) is 1. The van der Waals surface area contributed by atoms with E-state index in [-0.39, 0.29) is 11.8 Å². The maximum Gasteiger partial charge on any atom is 0.306 e. The van der Waals surface area contributed by atoms with Gasteiger partial charge in [-0.3, -0.25) is 14.5 Å². The molecule has 0 spiro atoms. The van der Waals surface area contributed by atoms with E-state index >= 15 is 0 Å². The van der Waals surface area contributed by atoms with E-state index in [0.29, 0.717) is 39.1 Å². The second kappa shape index (κ2) is 11.8. The maximum absolute atomic E-state index is 12.0. The molecule has 2 fully saturated rings. The van der Waals surface area contributed by atoms with Crippen LogP contribution in [0.25, 0.3) is 11.3 Å². The van der Waals surface area contributed by atoms with Crippen molar-refractivity contribution in [2.45, 2.75) is 39.8 Å². The van der Waals surface area contributed by atoms with Gasteiger partial charge in [0.25, 0.3) is 0 Å². The van der Waals surface area contributed by atoms with Crippen LogP contribution in [-0.2, 0) is 22.7 Å². The summed E-state index contributed by atoms with van der Waals surface area (Å²) in [5.41, 5.74) is 6.47. The predicted molar refractivity (Wildman–Crippen MR) is 153 cm³/mol. The zero-order chi connectivity index (χ0) is 27.5. The third-order valence-corrected chi connectivity index (χ3v) is 8.65. The number of amides is 1. The molecule has 2 saturated heterocycles. The molecule has 0 unspecified atom stereocenters. The molecular weight excluding hydrogens is 512 g/mol. The van der Waals surface area contributed by atoms with Crippen LogP contribution in [0.1, 0.15) is 35.1 Å². The highest BCUT2D eigenvalue weighted by Gasteiger charge is 2.26. The minimum Gasteiger partial charge on any atom is -0.488 e. The van der Waals surface area contributed by atoms with Crippen molar-refractivity contribution < 1.29 is 19.4 Å². The molecule has 39 heavy (non-hydrogen) atoms. The monoisotopic (exact) mass is 548 g/mol. The van der Waals surface area contributed by atoms with Crippen molar-refractivity contribution in [2.24, 2.45) is 5.92 Å². The molecule has 206 valence electrons. The molecule has 2 aliphatic rings. The number of piperazine rings is 1. The number of hydrogen-bond donors (Lipinski definition) is 1. The van der Waals surface area contributed by atoms with Crippen molar-refractivity contribution in [1.29, 1.82) is 0 Å². The predicted octanol–water partition coefficient (Wildman–Crippen LogP) is 4.58. The fourth-order valence-electron chi connectivity index (χ4n) is 5.19. The van der Waals surface area contributed by atoms with Crippen LogP contribution in [0.3, 0.4) is 0 Å². The van der Waals surface area contributed by atoms with E-state index in [9.17, 15) is 14.7 Å². The zero-order valence-corrected chi connectivity index (χ0v) is 23.7. The van der Waals surface area contributed by atoms with E-state index in [1.165, 1.54) is 11.1 Å². The lowest BCUT2D eigenvalue weighted by atomic mass is 9.97. The SMILES string of the molecule is Cc1ccc(OCc2ccc(CN3CCN(C)C(=O)C3)cc2C)c(-c2csc(N3CCC(C(=O)O)CC3)n2)c1. The number of aromatic nitrogens is 1. The molecular formula is C30H36N4O4S. The Kier molecular flexibility index (Phi) is 8.18. The summed E-state index contributed by atoms with van der Waals surface area (Å²) in [6.07, 6.45) is 1.30. The highest BCUT2D eigenvalue weighted by atomic mass is 32.1. The fraction of sp³-hybridized carbons (Fsp3) is 0.433. The van der Waals surface area contributed by atoms with E-state index in [1.54, 1.807) is 16.2 Å². The second-order valence-corrected chi connectivity index (χ2v) is 11.5. The van der Waals surface area contributed by atoms with E-state index in [1.807, 2.05) is 13.1 Å². The number of rotatable bonds is 8. The zero-order valence-electron chi connectivity index (χ0n) is 22.9. The van der Waals surface area contributed by atoms with Gasteiger partial charge >= 0.3 is 5.97 Å². The molecule has 0 saturated carbocycles. The number of ether oxygens (including phenoxy) is 1. The lowest BCUT2D eigenvalue weighted by molar-refractivity contribution is -0.142. The largest absolute Gasteiger partial charge is 0.488 e. The number of anilines is 1. The summed E-state index contributed by atoms with van der Waals surface area (Å²) in [4.78, 5) is 34.4. The summed E-state index contributed by atoms with van der Waals surface area (Å²) >= 11 is 1.59. The van der Waals surface area contributed by atoms with Crippen LogP contribution in [0.2, 0.25) is 0 Å². The molecule has 9 heteroatoms. The Bertz CT molecular complexity index is 1350. The summed E-state index contributed by atoms with van der Waals surface area (Å²) in [7, 11) is 1.86. The van der Waals surface area contributed by atoms with E-state index in [0.717, 1.165) is 52.9 Å². The number of aliphatic carboxylic acids is 1. The quantitative estimate of drug-likeness (QED) is 0.441. The van der Waals surface area contributed by atoms with E-state index < -0.39 is 5.97 Å². The van der Waals surface area contributed by atoms with Crippen LogP contribution in [0.4, 0.5) is 5.13 Å². The van der Waals surface area contributed by atoms with Crippen molar-refractivity contribution in [3.05, 3.63) is 64.0 Å². The number of carboxylic acids is 1. The van der Waals surface area contributed by atoms with Gasteiger partial charge in [-0.2, -0.15) is 0 Å². The molecule has 1 amide bonds. The minimum atomic E-state index is -0.701. The lowest BCUT2D eigenvalue weighted by Gasteiger charge is -2.32. The summed E-state index contributed by atoms with van der Waals surface area (Å²) in [6.45, 7) is 8.94. The molecule has 3 aromatic rings. The topological polar surface area (TPSA) is 86.2 Å². The summed E-state index contributed by atoms with van der Waals surface area (Å²) < 4.78 is 6.35. The molecule has 0 atom stereocenters. The van der Waals surface area contributed by atoms with Crippen LogP contribution >= 0.6 is 11.3 Å². The summed E-state index contributed by atoms with van der Waals surface area (Å²) in [6, 6.07) is 12.6. The first kappa shape index (κ1) is 27.1. The summed E-state index contributed by atoms with van der Waals surface area (Å²) in [5, 5.41) is 12.3. The number of nitrogens with zero attached hydrogens (tertiary/aromatic N) is 4. The average Bonchev–Trinajstić information content (AvgIpc) is 3.41. The Morgan fingerprint density at radius 3 is 2.62 bits per heavy atom. The molecule has 3 heterocycles. The Balaban J connectivity index is 1.25. The highest BCUT2D eigenvalue weighted by Crippen LogP contribution is 2.36. The van der Waals surface area contributed by atoms with Crippen LogP contribution in [0.15, 0.2) is 41.8 Å². The first-order valence-corrected chi connectivity index (χ1v) is 14.4. The standard InChI is InChI=1S/C30H36N4O4S/c1-20-4-7-27(25(14-20)26-19-39-30(31-26)34-10-8-23(9-11-34)29(36)37)38-18-24-6-5-22(15-21(24)2)16-33-13-12-32(3)28(35)17-33/h4-7,14-15,19,23H,8-13,16-18H2,1-3H3,(H,36,37). The fourth-order valence-corrected chi connectivity index (χ4v) is 6.07. The third-order valence-electron chi connectivity index (χ3n) is 7.75. The van der Waals surface area contributed by atoms with Crippen molar-refractivity contribution in [3.8, 4) is 17.0 Å². The van der Waals surface area contributed by atoms with Gasteiger partial charge in [0.2, 0.25) is 5.91 Å². The van der Waals surface area contributed by atoms with E-state index in [2.05, 4.69) is 59.4 Å². The Morgan fingerprint density at radius 1 is 1.10 bits per heavy atom. The van der Waals surface area contributed by atoms with Gasteiger partial charge in [-0.1, -0.05) is 29.8 Å². The smallest absolute Gasteiger partial charge is 0.306 e. The van der Waals surface area contributed by atoms with Gasteiger partial charge in [0.1, 0.15) is 12.4 Å². The number of aryl methyl sites for hydroxylation is 2. The molecule has 2 aliphatic heterocycles. The molecule has 0 radical (unpaired) electrons. The first-order valence-electron chi connectivity index (χ1n) is 13.5. The van der Waals surface area contributed by atoms with Crippen LogP contribution in [0, 0.1) is 19.8 Å². The minimum absolute atomic E-state index is 0.173. The number of carboxylic acid groups (broad SMARTS) is 1. The van der Waals surface area contributed by atoms with Gasteiger partial charge in [0.05, 0.1) is 18.2 Å². The van der Waals surface area contributed by atoms with Gasteiger partial charge < -0.3 is 19.6 Å². The first-order chi connectivity index (χ1) is 18.8. The number of benzene rings is 2. The van der Waals surface area contributed by atoms with Gasteiger partial charge in [-0.25, -0.2) is 4.98 Å². The van der Waals surface area contributed by atoms with Gasteiger partial charge in [-0.15, -0.1) is 11.3 Å². The van der Waals surface area contributed by atoms with Crippen LogP contribution < -0.4 is 9.64 Å². The Morgan fingerprint density at radius 2 is 1.90 bits per heavy atom. The molecule has 5 rings (SSSR count). The Labute approximate surface area is 233 Å². The third kappa shape index (κ3) is 6.42. The Hall–Kier alpha value is -3.43. The summed E-state index contributed by atoms with van der Waals surface area (Å²) in [5.74, 6) is 0.00624. The van der Waals surface area contributed by atoms with Crippen molar-refractivity contribution in [3.63, 3.8) is 0 Å². The molecule has 0 aliphatic carbocycles. The molecule has 8 nitrogen and oxygen atoms in total. The second-order valence-electron chi connectivity index (χ2n) is 10.7.